The topological polar surface area (TPSA) is 56.8 Å². The lowest BCUT2D eigenvalue weighted by atomic mass is 9.74. The van der Waals surface area contributed by atoms with Crippen molar-refractivity contribution in [2.75, 3.05) is 26.9 Å². The van der Waals surface area contributed by atoms with Crippen LogP contribution < -0.4 is 14.8 Å². The van der Waals surface area contributed by atoms with Crippen LogP contribution in [0, 0.1) is 0 Å². The van der Waals surface area contributed by atoms with Crippen molar-refractivity contribution in [3.05, 3.63) is 65.7 Å². The number of hydrogen-bond acceptors (Lipinski definition) is 4. The van der Waals surface area contributed by atoms with Gasteiger partial charge in [-0.1, -0.05) is 24.3 Å². The third kappa shape index (κ3) is 5.86. The van der Waals surface area contributed by atoms with Crippen LogP contribution in [0.1, 0.15) is 37.8 Å². The number of carbonyl (C=O) groups is 1. The highest BCUT2D eigenvalue weighted by atomic mass is 16.5. The minimum atomic E-state index is -0.121. The van der Waals surface area contributed by atoms with E-state index in [-0.39, 0.29) is 17.4 Å². The zero-order valence-electron chi connectivity index (χ0n) is 18.0. The molecule has 1 aliphatic rings. The van der Waals surface area contributed by atoms with Crippen molar-refractivity contribution in [1.82, 2.24) is 5.32 Å². The number of carbonyl (C=O) groups excluding carboxylic acids is 1. The molecule has 5 heteroatoms. The van der Waals surface area contributed by atoms with Crippen molar-refractivity contribution < 1.29 is 19.0 Å². The summed E-state index contributed by atoms with van der Waals surface area (Å²) in [6.07, 6.45) is 5.29. The van der Waals surface area contributed by atoms with Crippen molar-refractivity contribution in [2.24, 2.45) is 0 Å². The minimum Gasteiger partial charge on any atom is -0.497 e. The summed E-state index contributed by atoms with van der Waals surface area (Å²) in [7, 11) is 1.66. The Morgan fingerprint density at radius 3 is 2.30 bits per heavy atom. The third-order valence-corrected chi connectivity index (χ3v) is 5.43. The number of amides is 1. The molecule has 0 bridgehead atoms. The van der Waals surface area contributed by atoms with Crippen LogP contribution >= 0.6 is 0 Å². The van der Waals surface area contributed by atoms with Crippen LogP contribution in [0.15, 0.2) is 54.6 Å². The van der Waals surface area contributed by atoms with Crippen LogP contribution in [-0.4, -0.2) is 38.9 Å². The Labute approximate surface area is 179 Å². The maximum Gasteiger partial charge on any atom is 0.244 e. The van der Waals surface area contributed by atoms with Crippen LogP contribution in [0.3, 0.4) is 0 Å². The smallest absolute Gasteiger partial charge is 0.244 e. The molecule has 0 aromatic heterocycles. The first kappa shape index (κ1) is 21.9. The molecular weight excluding hydrogens is 378 g/mol. The summed E-state index contributed by atoms with van der Waals surface area (Å²) < 4.78 is 16.5. The predicted molar refractivity (Wildman–Crippen MR) is 119 cm³/mol. The van der Waals surface area contributed by atoms with Crippen LogP contribution in [0.25, 0.3) is 6.08 Å². The average Bonchev–Trinajstić information content (AvgIpc) is 2.77. The van der Waals surface area contributed by atoms with Crippen molar-refractivity contribution in [3.8, 4) is 11.5 Å². The number of ether oxygens (including phenoxy) is 3. The number of methoxy groups -OCH3 is 1. The molecule has 0 saturated carbocycles. The zero-order chi connectivity index (χ0) is 21.4. The molecule has 0 atom stereocenters. The lowest BCUT2D eigenvalue weighted by molar-refractivity contribution is -0.116. The van der Waals surface area contributed by atoms with E-state index in [0.29, 0.717) is 19.8 Å². The van der Waals surface area contributed by atoms with Gasteiger partial charge >= 0.3 is 0 Å². The standard InChI is InChI=1S/C25H31NO4/c1-19(2)30-23-9-4-20(5-10-23)6-13-24(27)26-18-25(14-16-29-17-15-25)21-7-11-22(28-3)12-8-21/h4-13,19H,14-18H2,1-3H3,(H,26,27)/b13-6+. The first-order chi connectivity index (χ1) is 14.5. The summed E-state index contributed by atoms with van der Waals surface area (Å²) in [5, 5.41) is 3.09. The van der Waals surface area contributed by atoms with Crippen molar-refractivity contribution in [3.63, 3.8) is 0 Å². The minimum absolute atomic E-state index is 0.100. The molecule has 0 radical (unpaired) electrons. The molecule has 160 valence electrons. The van der Waals surface area contributed by atoms with Gasteiger partial charge in [0.2, 0.25) is 5.91 Å². The van der Waals surface area contributed by atoms with Gasteiger partial charge in [0.1, 0.15) is 11.5 Å². The number of benzene rings is 2. The van der Waals surface area contributed by atoms with Gasteiger partial charge < -0.3 is 19.5 Å². The fraction of sp³-hybridized carbons (Fsp3) is 0.400. The number of hydrogen-bond donors (Lipinski definition) is 1. The fourth-order valence-corrected chi connectivity index (χ4v) is 3.69. The second kappa shape index (κ2) is 10.3. The van der Waals surface area contributed by atoms with Crippen LogP contribution in [-0.2, 0) is 14.9 Å². The van der Waals surface area contributed by atoms with E-state index in [4.69, 9.17) is 14.2 Å². The molecule has 1 fully saturated rings. The first-order valence-electron chi connectivity index (χ1n) is 10.5. The Balaban J connectivity index is 1.62. The van der Waals surface area contributed by atoms with Gasteiger partial charge in [0, 0.05) is 31.2 Å². The lowest BCUT2D eigenvalue weighted by Crippen LogP contribution is -2.44. The lowest BCUT2D eigenvalue weighted by Gasteiger charge is -2.38. The molecule has 0 unspecified atom stereocenters. The predicted octanol–water partition coefficient (Wildman–Crippen LogP) is 4.36. The molecule has 1 saturated heterocycles. The number of rotatable bonds is 8. The maximum absolute atomic E-state index is 12.5. The van der Waals surface area contributed by atoms with E-state index in [9.17, 15) is 4.79 Å². The zero-order valence-corrected chi connectivity index (χ0v) is 18.0. The summed E-state index contributed by atoms with van der Waals surface area (Å²) >= 11 is 0. The van der Waals surface area contributed by atoms with Gasteiger partial charge in [0.15, 0.2) is 0 Å². The maximum atomic E-state index is 12.5. The van der Waals surface area contributed by atoms with Crippen LogP contribution in [0.2, 0.25) is 0 Å². The average molecular weight is 410 g/mol. The highest BCUT2D eigenvalue weighted by Gasteiger charge is 2.34. The van der Waals surface area contributed by atoms with Gasteiger partial charge in [-0.3, -0.25) is 4.79 Å². The van der Waals surface area contributed by atoms with E-state index >= 15 is 0 Å². The van der Waals surface area contributed by atoms with E-state index in [1.807, 2.05) is 56.3 Å². The molecule has 30 heavy (non-hydrogen) atoms. The Morgan fingerprint density at radius 2 is 1.70 bits per heavy atom. The van der Waals surface area contributed by atoms with Gasteiger partial charge in [-0.05, 0) is 68.2 Å². The molecule has 0 spiro atoms. The Kier molecular flexibility index (Phi) is 7.52. The molecule has 2 aromatic carbocycles. The van der Waals surface area contributed by atoms with E-state index in [1.54, 1.807) is 13.2 Å². The SMILES string of the molecule is COc1ccc(C2(CNC(=O)/C=C/c3ccc(OC(C)C)cc3)CCOCC2)cc1. The Morgan fingerprint density at radius 1 is 1.07 bits per heavy atom. The molecule has 3 rings (SSSR count). The van der Waals surface area contributed by atoms with E-state index in [1.165, 1.54) is 5.56 Å². The highest BCUT2D eigenvalue weighted by molar-refractivity contribution is 5.91. The van der Waals surface area contributed by atoms with Gasteiger partial charge in [0.05, 0.1) is 13.2 Å². The van der Waals surface area contributed by atoms with Gasteiger partial charge in [0.25, 0.3) is 0 Å². The quantitative estimate of drug-likeness (QED) is 0.658. The summed E-state index contributed by atoms with van der Waals surface area (Å²) in [6, 6.07) is 15.8. The second-order valence-corrected chi connectivity index (χ2v) is 7.91. The van der Waals surface area contributed by atoms with Crippen molar-refractivity contribution in [2.45, 2.75) is 38.2 Å². The monoisotopic (exact) mass is 409 g/mol. The van der Waals surface area contributed by atoms with Crippen LogP contribution in [0.5, 0.6) is 11.5 Å². The van der Waals surface area contributed by atoms with E-state index in [2.05, 4.69) is 17.4 Å². The highest BCUT2D eigenvalue weighted by Crippen LogP contribution is 2.35. The normalized spacial score (nSPS) is 15.9. The summed E-state index contributed by atoms with van der Waals surface area (Å²) in [4.78, 5) is 12.5. The van der Waals surface area contributed by atoms with Gasteiger partial charge in [-0.25, -0.2) is 0 Å². The molecule has 1 aliphatic heterocycles. The Bertz CT molecular complexity index is 834. The Hall–Kier alpha value is -2.79. The van der Waals surface area contributed by atoms with E-state index in [0.717, 1.165) is 29.9 Å². The van der Waals surface area contributed by atoms with Gasteiger partial charge in [-0.2, -0.15) is 0 Å². The number of nitrogens with one attached hydrogen (secondary N) is 1. The molecule has 2 aromatic rings. The van der Waals surface area contributed by atoms with Crippen LogP contribution in [0.4, 0.5) is 0 Å². The molecule has 1 heterocycles. The molecular formula is C25H31NO4. The molecule has 0 aliphatic carbocycles. The van der Waals surface area contributed by atoms with Crippen molar-refractivity contribution in [1.29, 1.82) is 0 Å². The molecule has 1 amide bonds. The molecule has 1 N–H and O–H groups in total. The second-order valence-electron chi connectivity index (χ2n) is 7.91. The van der Waals surface area contributed by atoms with Crippen molar-refractivity contribution >= 4 is 12.0 Å². The van der Waals surface area contributed by atoms with Gasteiger partial charge in [-0.15, -0.1) is 0 Å². The first-order valence-corrected chi connectivity index (χ1v) is 10.5. The third-order valence-electron chi connectivity index (χ3n) is 5.43. The largest absolute Gasteiger partial charge is 0.497 e. The summed E-state index contributed by atoms with van der Waals surface area (Å²) in [6.45, 7) is 5.96. The summed E-state index contributed by atoms with van der Waals surface area (Å²) in [5.41, 5.74) is 2.04. The van der Waals surface area contributed by atoms with E-state index < -0.39 is 0 Å². The summed E-state index contributed by atoms with van der Waals surface area (Å²) in [5.74, 6) is 1.56. The molecule has 5 nitrogen and oxygen atoms in total. The fourth-order valence-electron chi connectivity index (χ4n) is 3.69.